The van der Waals surface area contributed by atoms with Crippen LogP contribution < -0.4 is 5.32 Å². The number of hydrogen-bond donors (Lipinski definition) is 1. The first kappa shape index (κ1) is 21.5. The monoisotopic (exact) mass is 393 g/mol. The molecule has 2 aromatic carbocycles. The van der Waals surface area contributed by atoms with Crippen molar-refractivity contribution in [2.75, 3.05) is 32.7 Å². The van der Waals surface area contributed by atoms with E-state index in [9.17, 15) is 4.79 Å². The highest BCUT2D eigenvalue weighted by Gasteiger charge is 2.20. The second-order valence-corrected chi connectivity index (χ2v) is 8.32. The number of nitrogens with one attached hydrogen (secondary N) is 1. The summed E-state index contributed by atoms with van der Waals surface area (Å²) in [6.45, 7) is 11.8. The van der Waals surface area contributed by atoms with Crippen LogP contribution in [-0.2, 0) is 17.8 Å². The number of nitrogens with zero attached hydrogens (tertiary/aromatic N) is 2. The summed E-state index contributed by atoms with van der Waals surface area (Å²) in [6, 6.07) is 17.4. The number of rotatable bonds is 8. The van der Waals surface area contributed by atoms with Gasteiger partial charge in [-0.1, -0.05) is 67.4 Å². The van der Waals surface area contributed by atoms with Gasteiger partial charge in [0.25, 0.3) is 0 Å². The van der Waals surface area contributed by atoms with E-state index in [1.54, 1.807) is 0 Å². The summed E-state index contributed by atoms with van der Waals surface area (Å²) < 4.78 is 0. The number of carbonyl (C=O) groups is 1. The van der Waals surface area contributed by atoms with Crippen molar-refractivity contribution in [2.45, 2.75) is 46.2 Å². The van der Waals surface area contributed by atoms with Crippen LogP contribution in [0.3, 0.4) is 0 Å². The average molecular weight is 394 g/mol. The predicted octanol–water partition coefficient (Wildman–Crippen LogP) is 3.94. The Balaban J connectivity index is 1.40. The minimum absolute atomic E-state index is 0.0426. The molecule has 1 heterocycles. The van der Waals surface area contributed by atoms with E-state index >= 15 is 0 Å². The van der Waals surface area contributed by atoms with E-state index in [-0.39, 0.29) is 11.9 Å². The molecule has 1 N–H and O–H groups in total. The number of benzene rings is 2. The Hall–Kier alpha value is -2.17. The molecule has 1 amide bonds. The number of hydrogen-bond acceptors (Lipinski definition) is 3. The first-order chi connectivity index (χ1) is 14.0. The van der Waals surface area contributed by atoms with Crippen molar-refractivity contribution < 1.29 is 4.79 Å². The van der Waals surface area contributed by atoms with Gasteiger partial charge < -0.3 is 5.32 Å². The molecule has 3 rings (SSSR count). The van der Waals surface area contributed by atoms with Crippen LogP contribution in [0.1, 0.15) is 48.6 Å². The first-order valence-electron chi connectivity index (χ1n) is 10.9. The molecule has 1 fully saturated rings. The number of piperazine rings is 1. The highest BCUT2D eigenvalue weighted by Crippen LogP contribution is 2.15. The molecule has 0 aromatic heterocycles. The molecule has 0 spiro atoms. The summed E-state index contributed by atoms with van der Waals surface area (Å²) in [6.07, 6.45) is 2.26. The lowest BCUT2D eigenvalue weighted by molar-refractivity contribution is -0.123. The molecule has 0 radical (unpaired) electrons. The van der Waals surface area contributed by atoms with Gasteiger partial charge in [0.2, 0.25) is 5.91 Å². The summed E-state index contributed by atoms with van der Waals surface area (Å²) in [4.78, 5) is 17.2. The van der Waals surface area contributed by atoms with Crippen molar-refractivity contribution in [1.29, 1.82) is 0 Å². The van der Waals surface area contributed by atoms with Crippen molar-refractivity contribution in [3.05, 3.63) is 70.8 Å². The standard InChI is InChI=1S/C25H35N3O/c1-4-5-22-10-12-24(13-11-22)21(3)26-25(29)19-28-16-14-27(15-17-28)18-23-8-6-20(2)7-9-23/h6-13,21H,4-5,14-19H2,1-3H3,(H,26,29)/t21-/m1/s1. The van der Waals surface area contributed by atoms with Gasteiger partial charge in [-0.2, -0.15) is 0 Å². The van der Waals surface area contributed by atoms with E-state index < -0.39 is 0 Å². The lowest BCUT2D eigenvalue weighted by Crippen LogP contribution is -2.49. The lowest BCUT2D eigenvalue weighted by Gasteiger charge is -2.34. The van der Waals surface area contributed by atoms with Crippen LogP contribution in [0, 0.1) is 6.92 Å². The van der Waals surface area contributed by atoms with Crippen LogP contribution in [0.15, 0.2) is 48.5 Å². The fourth-order valence-electron chi connectivity index (χ4n) is 3.89. The second kappa shape index (κ2) is 10.6. The highest BCUT2D eigenvalue weighted by molar-refractivity contribution is 5.78. The van der Waals surface area contributed by atoms with Gasteiger partial charge in [-0.05, 0) is 37.0 Å². The lowest BCUT2D eigenvalue weighted by atomic mass is 10.0. The third-order valence-corrected chi connectivity index (χ3v) is 5.75. The van der Waals surface area contributed by atoms with E-state index in [1.807, 2.05) is 0 Å². The van der Waals surface area contributed by atoms with Gasteiger partial charge >= 0.3 is 0 Å². The zero-order valence-electron chi connectivity index (χ0n) is 18.2. The fourth-order valence-corrected chi connectivity index (χ4v) is 3.89. The minimum Gasteiger partial charge on any atom is -0.348 e. The van der Waals surface area contributed by atoms with E-state index in [0.717, 1.165) is 45.6 Å². The summed E-state index contributed by atoms with van der Waals surface area (Å²) in [5.74, 6) is 0.113. The minimum atomic E-state index is 0.0426. The maximum Gasteiger partial charge on any atom is 0.234 e. The zero-order valence-corrected chi connectivity index (χ0v) is 18.2. The number of amides is 1. The molecular weight excluding hydrogens is 358 g/mol. The van der Waals surface area contributed by atoms with E-state index in [4.69, 9.17) is 0 Å². The topological polar surface area (TPSA) is 35.6 Å². The smallest absolute Gasteiger partial charge is 0.234 e. The molecule has 1 saturated heterocycles. The van der Waals surface area contributed by atoms with Crippen molar-refractivity contribution in [3.63, 3.8) is 0 Å². The molecule has 4 heteroatoms. The summed E-state index contributed by atoms with van der Waals surface area (Å²) in [5, 5.41) is 3.16. The first-order valence-corrected chi connectivity index (χ1v) is 10.9. The number of aryl methyl sites for hydroxylation is 2. The van der Waals surface area contributed by atoms with Crippen LogP contribution in [-0.4, -0.2) is 48.4 Å². The molecule has 2 aromatic rings. The Labute approximate surface area is 175 Å². The summed E-state index contributed by atoms with van der Waals surface area (Å²) in [7, 11) is 0. The molecule has 1 atom stereocenters. The predicted molar refractivity (Wildman–Crippen MR) is 120 cm³/mol. The molecule has 0 unspecified atom stereocenters. The largest absolute Gasteiger partial charge is 0.348 e. The average Bonchev–Trinajstić information content (AvgIpc) is 2.72. The quantitative estimate of drug-likeness (QED) is 0.738. The van der Waals surface area contributed by atoms with Gasteiger partial charge in [-0.3, -0.25) is 14.6 Å². The van der Waals surface area contributed by atoms with Gasteiger partial charge in [0, 0.05) is 32.7 Å². The van der Waals surface area contributed by atoms with Crippen molar-refractivity contribution in [3.8, 4) is 0 Å². The van der Waals surface area contributed by atoms with Gasteiger partial charge in [0.1, 0.15) is 0 Å². The molecule has 0 bridgehead atoms. The summed E-state index contributed by atoms with van der Waals surface area (Å²) in [5.41, 5.74) is 5.19. The van der Waals surface area contributed by atoms with Crippen LogP contribution in [0.25, 0.3) is 0 Å². The van der Waals surface area contributed by atoms with Gasteiger partial charge in [-0.15, -0.1) is 0 Å². The molecule has 1 aliphatic heterocycles. The van der Waals surface area contributed by atoms with E-state index in [1.165, 1.54) is 22.3 Å². The van der Waals surface area contributed by atoms with Crippen LogP contribution in [0.4, 0.5) is 0 Å². The maximum absolute atomic E-state index is 12.5. The highest BCUT2D eigenvalue weighted by atomic mass is 16.2. The SMILES string of the molecule is CCCc1ccc([C@@H](C)NC(=O)CN2CCN(Cc3ccc(C)cc3)CC2)cc1. The molecule has 4 nitrogen and oxygen atoms in total. The molecule has 0 aliphatic carbocycles. The summed E-state index contributed by atoms with van der Waals surface area (Å²) >= 11 is 0. The van der Waals surface area contributed by atoms with Crippen molar-refractivity contribution in [2.24, 2.45) is 0 Å². The van der Waals surface area contributed by atoms with E-state index in [2.05, 4.69) is 84.4 Å². The van der Waals surface area contributed by atoms with Crippen molar-refractivity contribution >= 4 is 5.91 Å². The fraction of sp³-hybridized carbons (Fsp3) is 0.480. The molecule has 1 aliphatic rings. The molecular formula is C25H35N3O. The Morgan fingerprint density at radius 2 is 1.52 bits per heavy atom. The third kappa shape index (κ3) is 6.69. The van der Waals surface area contributed by atoms with Crippen molar-refractivity contribution in [1.82, 2.24) is 15.1 Å². The van der Waals surface area contributed by atoms with Gasteiger partial charge in [-0.25, -0.2) is 0 Å². The number of carbonyl (C=O) groups excluding carboxylic acids is 1. The Morgan fingerprint density at radius 3 is 2.14 bits per heavy atom. The van der Waals surface area contributed by atoms with Crippen LogP contribution >= 0.6 is 0 Å². The van der Waals surface area contributed by atoms with Crippen LogP contribution in [0.2, 0.25) is 0 Å². The molecule has 29 heavy (non-hydrogen) atoms. The zero-order chi connectivity index (χ0) is 20.6. The van der Waals surface area contributed by atoms with Gasteiger partial charge in [0.15, 0.2) is 0 Å². The van der Waals surface area contributed by atoms with Crippen LogP contribution in [0.5, 0.6) is 0 Å². The van der Waals surface area contributed by atoms with E-state index in [0.29, 0.717) is 6.54 Å². The maximum atomic E-state index is 12.5. The Morgan fingerprint density at radius 1 is 0.931 bits per heavy atom. The second-order valence-electron chi connectivity index (χ2n) is 8.32. The Bertz CT molecular complexity index is 762. The molecule has 156 valence electrons. The third-order valence-electron chi connectivity index (χ3n) is 5.75. The normalized spacial score (nSPS) is 16.5. The Kier molecular flexibility index (Phi) is 7.84. The van der Waals surface area contributed by atoms with Gasteiger partial charge in [0.05, 0.1) is 12.6 Å². The molecule has 0 saturated carbocycles.